The maximum Gasteiger partial charge on any atom is 0.326 e. The molecule has 0 radical (unpaired) electrons. The van der Waals surface area contributed by atoms with Gasteiger partial charge in [-0.05, 0) is 26.7 Å². The average Bonchev–Trinajstić information content (AvgIpc) is 2.55. The Bertz CT molecular complexity index is 268. The van der Waals surface area contributed by atoms with Gasteiger partial charge in [0.05, 0.1) is 12.2 Å². The summed E-state index contributed by atoms with van der Waals surface area (Å²) in [6.45, 7) is 4.33. The Morgan fingerprint density at radius 3 is 2.28 bits per heavy atom. The summed E-state index contributed by atoms with van der Waals surface area (Å²) >= 11 is 0. The van der Waals surface area contributed by atoms with Crippen molar-refractivity contribution in [3.8, 4) is 0 Å². The summed E-state index contributed by atoms with van der Waals surface area (Å²) in [5.74, 6) is -0.240. The third kappa shape index (κ3) is 4.58. The normalized spacial score (nSPS) is 20.2. The summed E-state index contributed by atoms with van der Waals surface area (Å²) in [6, 6.07) is 0. The van der Waals surface area contributed by atoms with Crippen LogP contribution in [0.4, 0.5) is 0 Å². The van der Waals surface area contributed by atoms with Crippen LogP contribution in [0.3, 0.4) is 0 Å². The van der Waals surface area contributed by atoms with E-state index in [2.05, 4.69) is 0 Å². The lowest BCUT2D eigenvalue weighted by atomic mass is 9.92. The molecule has 0 aromatic rings. The van der Waals surface area contributed by atoms with E-state index in [4.69, 9.17) is 15.2 Å². The van der Waals surface area contributed by atoms with Crippen molar-refractivity contribution in [1.29, 1.82) is 0 Å². The number of hydrogen-bond donors (Lipinski definition) is 1. The minimum absolute atomic E-state index is 0.240. The molecule has 0 heterocycles. The molecule has 1 aliphatic rings. The Labute approximate surface area is 110 Å². The lowest BCUT2D eigenvalue weighted by molar-refractivity contribution is -0.152. The topological polar surface area (TPSA) is 61.5 Å². The summed E-state index contributed by atoms with van der Waals surface area (Å²) in [7, 11) is 1.66. The predicted molar refractivity (Wildman–Crippen MR) is 71.3 cm³/mol. The van der Waals surface area contributed by atoms with Crippen molar-refractivity contribution >= 4 is 5.97 Å². The average molecular weight is 257 g/mol. The Kier molecular flexibility index (Phi) is 5.60. The minimum Gasteiger partial charge on any atom is -0.464 e. The highest BCUT2D eigenvalue weighted by molar-refractivity contribution is 5.80. The minimum atomic E-state index is -0.756. The first-order chi connectivity index (χ1) is 8.40. The van der Waals surface area contributed by atoms with E-state index in [-0.39, 0.29) is 11.6 Å². The molecule has 18 heavy (non-hydrogen) atoms. The Morgan fingerprint density at radius 1 is 1.22 bits per heavy atom. The van der Waals surface area contributed by atoms with E-state index in [0.29, 0.717) is 13.0 Å². The van der Waals surface area contributed by atoms with Gasteiger partial charge < -0.3 is 15.2 Å². The van der Waals surface area contributed by atoms with Crippen molar-refractivity contribution in [2.75, 3.05) is 13.7 Å². The first-order valence-electron chi connectivity index (χ1n) is 6.91. The van der Waals surface area contributed by atoms with E-state index >= 15 is 0 Å². The zero-order valence-electron chi connectivity index (χ0n) is 12.0. The number of rotatable bonds is 5. The third-order valence-electron chi connectivity index (χ3n) is 3.89. The molecule has 0 unspecified atom stereocenters. The molecule has 0 amide bonds. The van der Waals surface area contributed by atoms with Crippen LogP contribution in [0.2, 0.25) is 0 Å². The van der Waals surface area contributed by atoms with E-state index in [1.54, 1.807) is 7.11 Å². The van der Waals surface area contributed by atoms with Crippen LogP contribution in [0.5, 0.6) is 0 Å². The first kappa shape index (κ1) is 15.4. The molecule has 0 aliphatic heterocycles. The van der Waals surface area contributed by atoms with Gasteiger partial charge in [0.2, 0.25) is 0 Å². The molecule has 0 atom stereocenters. The number of methoxy groups -OCH3 is 1. The van der Waals surface area contributed by atoms with Gasteiger partial charge in [-0.25, -0.2) is 0 Å². The second-order valence-electron chi connectivity index (χ2n) is 5.92. The predicted octanol–water partition coefficient (Wildman–Crippen LogP) is 2.40. The second kappa shape index (κ2) is 6.53. The highest BCUT2D eigenvalue weighted by Crippen LogP contribution is 2.26. The van der Waals surface area contributed by atoms with Gasteiger partial charge in [-0.1, -0.05) is 25.7 Å². The molecular weight excluding hydrogens is 230 g/mol. The molecule has 2 N–H and O–H groups in total. The van der Waals surface area contributed by atoms with Crippen molar-refractivity contribution in [3.05, 3.63) is 0 Å². The molecule has 0 saturated heterocycles. The van der Waals surface area contributed by atoms with E-state index in [0.717, 1.165) is 25.7 Å². The molecule has 1 rings (SSSR count). The fourth-order valence-electron chi connectivity index (χ4n) is 2.20. The molecule has 1 fully saturated rings. The van der Waals surface area contributed by atoms with Crippen molar-refractivity contribution in [2.24, 2.45) is 5.73 Å². The van der Waals surface area contributed by atoms with Gasteiger partial charge >= 0.3 is 5.97 Å². The summed E-state index contributed by atoms with van der Waals surface area (Å²) in [4.78, 5) is 12.1. The largest absolute Gasteiger partial charge is 0.464 e. The standard InChI is InChI=1S/C14H27NO3/c1-13(2,17-3)10-11-18-12(16)14(15)8-6-4-5-7-9-14/h4-11,15H2,1-3H3. The smallest absolute Gasteiger partial charge is 0.326 e. The molecule has 0 bridgehead atoms. The number of nitrogens with two attached hydrogens (primary N) is 1. The highest BCUT2D eigenvalue weighted by atomic mass is 16.5. The van der Waals surface area contributed by atoms with Crippen molar-refractivity contribution in [3.63, 3.8) is 0 Å². The summed E-state index contributed by atoms with van der Waals surface area (Å²) in [5.41, 5.74) is 5.16. The Hall–Kier alpha value is -0.610. The summed E-state index contributed by atoms with van der Waals surface area (Å²) in [6.07, 6.45) is 6.57. The van der Waals surface area contributed by atoms with Crippen LogP contribution in [-0.2, 0) is 14.3 Å². The van der Waals surface area contributed by atoms with Gasteiger partial charge in [0.15, 0.2) is 0 Å². The maximum atomic E-state index is 12.1. The van der Waals surface area contributed by atoms with E-state index in [9.17, 15) is 4.79 Å². The van der Waals surface area contributed by atoms with Crippen LogP contribution in [0, 0.1) is 0 Å². The van der Waals surface area contributed by atoms with Crippen molar-refractivity contribution < 1.29 is 14.3 Å². The van der Waals surface area contributed by atoms with Gasteiger partial charge in [-0.15, -0.1) is 0 Å². The van der Waals surface area contributed by atoms with Crippen LogP contribution in [0.1, 0.15) is 58.8 Å². The van der Waals surface area contributed by atoms with Gasteiger partial charge in [0.1, 0.15) is 5.54 Å². The third-order valence-corrected chi connectivity index (χ3v) is 3.89. The van der Waals surface area contributed by atoms with Gasteiger partial charge in [-0.3, -0.25) is 4.79 Å². The number of ether oxygens (including phenoxy) is 2. The fraction of sp³-hybridized carbons (Fsp3) is 0.929. The molecule has 0 spiro atoms. The number of esters is 1. The second-order valence-corrected chi connectivity index (χ2v) is 5.92. The van der Waals surface area contributed by atoms with Crippen molar-refractivity contribution in [1.82, 2.24) is 0 Å². The number of carbonyl (C=O) groups excluding carboxylic acids is 1. The maximum absolute atomic E-state index is 12.1. The molecular formula is C14H27NO3. The quantitative estimate of drug-likeness (QED) is 0.607. The van der Waals surface area contributed by atoms with Crippen molar-refractivity contribution in [2.45, 2.75) is 69.9 Å². The molecule has 0 aromatic carbocycles. The lowest BCUT2D eigenvalue weighted by Crippen LogP contribution is -2.48. The zero-order chi connectivity index (χ0) is 13.6. The Morgan fingerprint density at radius 2 is 1.78 bits per heavy atom. The van der Waals surface area contributed by atoms with Crippen LogP contribution in [-0.4, -0.2) is 30.8 Å². The van der Waals surface area contributed by atoms with Gasteiger partial charge in [0, 0.05) is 13.5 Å². The van der Waals surface area contributed by atoms with Crippen LogP contribution < -0.4 is 5.73 Å². The molecule has 0 aromatic heterocycles. The van der Waals surface area contributed by atoms with Crippen LogP contribution in [0.25, 0.3) is 0 Å². The van der Waals surface area contributed by atoms with Crippen LogP contribution >= 0.6 is 0 Å². The monoisotopic (exact) mass is 257 g/mol. The SMILES string of the molecule is COC(C)(C)CCOC(=O)C1(N)CCCCCC1. The van der Waals surface area contributed by atoms with Crippen LogP contribution in [0.15, 0.2) is 0 Å². The highest BCUT2D eigenvalue weighted by Gasteiger charge is 2.36. The number of carbonyl (C=O) groups is 1. The zero-order valence-corrected chi connectivity index (χ0v) is 12.0. The summed E-state index contributed by atoms with van der Waals surface area (Å²) < 4.78 is 10.6. The molecule has 1 saturated carbocycles. The summed E-state index contributed by atoms with van der Waals surface area (Å²) in [5, 5.41) is 0. The molecule has 1 aliphatic carbocycles. The molecule has 4 heteroatoms. The molecule has 4 nitrogen and oxygen atoms in total. The van der Waals surface area contributed by atoms with Gasteiger partial charge in [0.25, 0.3) is 0 Å². The van der Waals surface area contributed by atoms with E-state index in [1.807, 2.05) is 13.8 Å². The molecule has 106 valence electrons. The fourth-order valence-corrected chi connectivity index (χ4v) is 2.20. The lowest BCUT2D eigenvalue weighted by Gasteiger charge is -2.27. The van der Waals surface area contributed by atoms with E-state index < -0.39 is 5.54 Å². The van der Waals surface area contributed by atoms with E-state index in [1.165, 1.54) is 12.8 Å². The van der Waals surface area contributed by atoms with Gasteiger partial charge in [-0.2, -0.15) is 0 Å². The first-order valence-corrected chi connectivity index (χ1v) is 6.91. The Balaban J connectivity index is 2.39. The number of hydrogen-bond acceptors (Lipinski definition) is 4.